The number of benzene rings is 3. The van der Waals surface area contributed by atoms with Gasteiger partial charge < -0.3 is 9.67 Å². The topological polar surface area (TPSA) is 49.9 Å². The van der Waals surface area contributed by atoms with Crippen LogP contribution in [0.25, 0.3) is 11.3 Å². The van der Waals surface area contributed by atoms with E-state index in [-0.39, 0.29) is 5.75 Å². The highest BCUT2D eigenvalue weighted by Gasteiger charge is 2.12. The standard InChI is InChI=1S/C24H19Cl2N3OS/c25-19-8-11-21(22(26)14-19)23-16-31-24(28-27-15-18-6-9-20(30)10-7-18)29(23)13-12-17-4-2-1-3-5-17/h1-11,14-16,30H,12-13H2/b27-15+,28-24-. The zero-order valence-electron chi connectivity index (χ0n) is 16.5. The number of hydrogen-bond donors (Lipinski definition) is 1. The summed E-state index contributed by atoms with van der Waals surface area (Å²) in [4.78, 5) is 0.770. The second kappa shape index (κ2) is 9.96. The van der Waals surface area contributed by atoms with Crippen molar-refractivity contribution < 1.29 is 5.11 Å². The third-order valence-electron chi connectivity index (χ3n) is 4.71. The van der Waals surface area contributed by atoms with Gasteiger partial charge >= 0.3 is 0 Å². The molecule has 0 atom stereocenters. The molecule has 0 bridgehead atoms. The summed E-state index contributed by atoms with van der Waals surface area (Å²) < 4.78 is 2.13. The predicted molar refractivity (Wildman–Crippen MR) is 129 cm³/mol. The molecule has 4 nitrogen and oxygen atoms in total. The number of phenolic OH excluding ortho intramolecular Hbond substituents is 1. The van der Waals surface area contributed by atoms with Crippen LogP contribution in [0.15, 0.2) is 88.4 Å². The number of halogens is 2. The molecule has 0 unspecified atom stereocenters. The Balaban J connectivity index is 1.70. The van der Waals surface area contributed by atoms with E-state index < -0.39 is 0 Å². The Morgan fingerprint density at radius 3 is 2.48 bits per heavy atom. The summed E-state index contributed by atoms with van der Waals surface area (Å²) >= 11 is 14.1. The Labute approximate surface area is 194 Å². The Kier molecular flexibility index (Phi) is 6.87. The average Bonchev–Trinajstić information content (AvgIpc) is 3.17. The van der Waals surface area contributed by atoms with Gasteiger partial charge in [-0.25, -0.2) is 0 Å². The summed E-state index contributed by atoms with van der Waals surface area (Å²) in [5, 5.41) is 21.3. The van der Waals surface area contributed by atoms with Crippen LogP contribution in [0.4, 0.5) is 0 Å². The highest BCUT2D eigenvalue weighted by Crippen LogP contribution is 2.30. The van der Waals surface area contributed by atoms with E-state index in [4.69, 9.17) is 23.2 Å². The molecule has 0 amide bonds. The van der Waals surface area contributed by atoms with E-state index in [2.05, 4.69) is 26.9 Å². The van der Waals surface area contributed by atoms with E-state index in [1.165, 1.54) is 16.9 Å². The molecule has 3 aromatic carbocycles. The fourth-order valence-corrected chi connectivity index (χ4v) is 4.52. The molecule has 0 spiro atoms. The molecule has 4 rings (SSSR count). The van der Waals surface area contributed by atoms with Crippen LogP contribution in [0.2, 0.25) is 10.0 Å². The first-order chi connectivity index (χ1) is 15.1. The molecule has 7 heteroatoms. The van der Waals surface area contributed by atoms with E-state index in [1.54, 1.807) is 36.5 Å². The van der Waals surface area contributed by atoms with Gasteiger partial charge in [0.1, 0.15) is 5.75 Å². The average molecular weight is 468 g/mol. The van der Waals surface area contributed by atoms with Crippen LogP contribution in [0.1, 0.15) is 11.1 Å². The van der Waals surface area contributed by atoms with Gasteiger partial charge in [0.2, 0.25) is 4.80 Å². The van der Waals surface area contributed by atoms with Gasteiger partial charge in [-0.2, -0.15) is 5.10 Å². The summed E-state index contributed by atoms with van der Waals surface area (Å²) in [6.07, 6.45) is 2.51. The van der Waals surface area contributed by atoms with Crippen molar-refractivity contribution in [1.82, 2.24) is 4.57 Å². The minimum absolute atomic E-state index is 0.218. The minimum atomic E-state index is 0.218. The third kappa shape index (κ3) is 5.44. The molecular weight excluding hydrogens is 449 g/mol. The zero-order chi connectivity index (χ0) is 21.6. The van der Waals surface area contributed by atoms with Gasteiger partial charge in [-0.15, -0.1) is 16.4 Å². The molecule has 1 aromatic heterocycles. The SMILES string of the molecule is Oc1ccc(/C=N/N=c2\scc(-c3ccc(Cl)cc3Cl)n2CCc2ccccc2)cc1. The third-order valence-corrected chi connectivity index (χ3v) is 6.12. The molecule has 156 valence electrons. The lowest BCUT2D eigenvalue weighted by Crippen LogP contribution is -2.17. The van der Waals surface area contributed by atoms with Crippen molar-refractivity contribution in [3.63, 3.8) is 0 Å². The van der Waals surface area contributed by atoms with Crippen LogP contribution in [0.5, 0.6) is 5.75 Å². The first-order valence-corrected chi connectivity index (χ1v) is 11.3. The first-order valence-electron chi connectivity index (χ1n) is 9.64. The number of rotatable bonds is 6. The van der Waals surface area contributed by atoms with Crippen molar-refractivity contribution in [3.05, 3.63) is 104 Å². The van der Waals surface area contributed by atoms with Gasteiger partial charge in [0, 0.05) is 22.5 Å². The second-order valence-electron chi connectivity index (χ2n) is 6.85. The fraction of sp³-hybridized carbons (Fsp3) is 0.0833. The summed E-state index contributed by atoms with van der Waals surface area (Å²) in [5.41, 5.74) is 3.98. The predicted octanol–water partition coefficient (Wildman–Crippen LogP) is 6.41. The van der Waals surface area contributed by atoms with Crippen LogP contribution in [0.3, 0.4) is 0 Å². The molecule has 31 heavy (non-hydrogen) atoms. The van der Waals surface area contributed by atoms with Gasteiger partial charge in [-0.05, 0) is 60.0 Å². The molecule has 0 saturated carbocycles. The number of nitrogens with zero attached hydrogens (tertiary/aromatic N) is 3. The van der Waals surface area contributed by atoms with Gasteiger partial charge in [0.25, 0.3) is 0 Å². The monoisotopic (exact) mass is 467 g/mol. The molecule has 4 aromatic rings. The number of aromatic hydroxyl groups is 1. The smallest absolute Gasteiger partial charge is 0.211 e. The quantitative estimate of drug-likeness (QED) is 0.258. The lowest BCUT2D eigenvalue weighted by molar-refractivity contribution is 0.475. The van der Waals surface area contributed by atoms with Crippen molar-refractivity contribution in [2.75, 3.05) is 0 Å². The minimum Gasteiger partial charge on any atom is -0.508 e. The molecule has 0 aliphatic carbocycles. The molecule has 1 N–H and O–H groups in total. The van der Waals surface area contributed by atoms with Crippen LogP contribution in [-0.4, -0.2) is 15.9 Å². The number of thiazole rings is 1. The molecule has 1 heterocycles. The van der Waals surface area contributed by atoms with Crippen molar-refractivity contribution in [1.29, 1.82) is 0 Å². The Bertz CT molecular complexity index is 1260. The highest BCUT2D eigenvalue weighted by atomic mass is 35.5. The van der Waals surface area contributed by atoms with E-state index in [1.807, 2.05) is 35.7 Å². The van der Waals surface area contributed by atoms with Crippen molar-refractivity contribution in [2.24, 2.45) is 10.2 Å². The van der Waals surface area contributed by atoms with Gasteiger partial charge in [0.15, 0.2) is 0 Å². The largest absolute Gasteiger partial charge is 0.508 e. The second-order valence-corrected chi connectivity index (χ2v) is 8.53. The summed E-state index contributed by atoms with van der Waals surface area (Å²) in [6.45, 7) is 0.732. The summed E-state index contributed by atoms with van der Waals surface area (Å²) in [7, 11) is 0. The molecule has 0 aliphatic rings. The summed E-state index contributed by atoms with van der Waals surface area (Å²) in [5.74, 6) is 0.218. The lowest BCUT2D eigenvalue weighted by atomic mass is 10.1. The van der Waals surface area contributed by atoms with E-state index in [0.717, 1.165) is 34.6 Å². The number of phenols is 1. The summed E-state index contributed by atoms with van der Waals surface area (Å²) in [6, 6.07) is 22.6. The molecule has 0 aliphatic heterocycles. The van der Waals surface area contributed by atoms with Crippen LogP contribution in [0, 0.1) is 0 Å². The molecule has 0 fully saturated rings. The van der Waals surface area contributed by atoms with Crippen molar-refractivity contribution >= 4 is 40.8 Å². The van der Waals surface area contributed by atoms with Crippen molar-refractivity contribution in [2.45, 2.75) is 13.0 Å². The number of hydrogen-bond acceptors (Lipinski definition) is 4. The first kappa shape index (κ1) is 21.4. The van der Waals surface area contributed by atoms with Gasteiger partial charge in [-0.1, -0.05) is 53.5 Å². The maximum Gasteiger partial charge on any atom is 0.211 e. The molecule has 0 saturated heterocycles. The van der Waals surface area contributed by atoms with Gasteiger partial charge in [-0.3, -0.25) is 0 Å². The lowest BCUT2D eigenvalue weighted by Gasteiger charge is -2.10. The van der Waals surface area contributed by atoms with E-state index in [0.29, 0.717) is 10.0 Å². The van der Waals surface area contributed by atoms with Crippen LogP contribution in [-0.2, 0) is 13.0 Å². The molecular formula is C24H19Cl2N3OS. The van der Waals surface area contributed by atoms with E-state index in [9.17, 15) is 5.11 Å². The number of aromatic nitrogens is 1. The highest BCUT2D eigenvalue weighted by molar-refractivity contribution is 7.07. The van der Waals surface area contributed by atoms with Crippen LogP contribution >= 0.6 is 34.5 Å². The van der Waals surface area contributed by atoms with Gasteiger partial charge in [0.05, 0.1) is 16.9 Å². The van der Waals surface area contributed by atoms with Crippen molar-refractivity contribution in [3.8, 4) is 17.0 Å². The van der Waals surface area contributed by atoms with E-state index >= 15 is 0 Å². The fourth-order valence-electron chi connectivity index (χ4n) is 3.13. The maximum absolute atomic E-state index is 9.41. The normalized spacial score (nSPS) is 12.0. The maximum atomic E-state index is 9.41. The van der Waals surface area contributed by atoms with Crippen LogP contribution < -0.4 is 4.80 Å². The Morgan fingerprint density at radius 2 is 1.74 bits per heavy atom. The number of aryl methyl sites for hydroxylation is 1. The Morgan fingerprint density at radius 1 is 0.968 bits per heavy atom. The zero-order valence-corrected chi connectivity index (χ0v) is 18.8. The Hall–Kier alpha value is -2.86. The molecule has 0 radical (unpaired) electrons.